The first-order valence-electron chi connectivity index (χ1n) is 4.14. The Kier molecular flexibility index (Phi) is 7.23. The highest BCUT2D eigenvalue weighted by Gasteiger charge is 2.25. The van der Waals surface area contributed by atoms with Gasteiger partial charge >= 0.3 is 8.56 Å². The minimum Gasteiger partial charge on any atom is -0.420 e. The molecule has 1 fully saturated rings. The van der Waals surface area contributed by atoms with Crippen LogP contribution in [-0.2, 0) is 17.1 Å². The van der Waals surface area contributed by atoms with Gasteiger partial charge in [0.2, 0.25) is 0 Å². The fraction of sp³-hybridized carbons (Fsp3) is 1.00. The maximum atomic E-state index is 5.46. The van der Waals surface area contributed by atoms with E-state index < -0.39 is 28.6 Å². The third-order valence-corrected chi connectivity index (χ3v) is 8.32. The highest BCUT2D eigenvalue weighted by atomic mass is 28.4. The molecule has 74 valence electrons. The van der Waals surface area contributed by atoms with Crippen LogP contribution in [0.2, 0.25) is 13.1 Å². The highest BCUT2D eigenvalue weighted by molar-refractivity contribution is 6.72. The summed E-state index contributed by atoms with van der Waals surface area (Å²) in [5.74, 6) is 0. The van der Waals surface area contributed by atoms with Crippen LogP contribution >= 0.6 is 0 Å². The van der Waals surface area contributed by atoms with Crippen LogP contribution in [0.4, 0.5) is 0 Å². The second-order valence-corrected chi connectivity index (χ2v) is 8.85. The van der Waals surface area contributed by atoms with Crippen molar-refractivity contribution in [3.05, 3.63) is 0 Å². The van der Waals surface area contributed by atoms with E-state index in [1.807, 2.05) is 26.9 Å². The zero-order chi connectivity index (χ0) is 9.45. The first-order chi connectivity index (χ1) is 5.71. The molecule has 1 saturated heterocycles. The average molecular weight is 226 g/mol. The summed E-state index contributed by atoms with van der Waals surface area (Å²) in [6.45, 7) is 8.42. The summed E-state index contributed by atoms with van der Waals surface area (Å²) in [6.07, 6.45) is 0. The van der Waals surface area contributed by atoms with E-state index >= 15 is 0 Å². The molecule has 4 nitrogen and oxygen atoms in total. The average Bonchev–Trinajstić information content (AvgIpc) is 2.03. The lowest BCUT2D eigenvalue weighted by Crippen LogP contribution is -2.41. The van der Waals surface area contributed by atoms with E-state index in [2.05, 4.69) is 0 Å². The van der Waals surface area contributed by atoms with Crippen molar-refractivity contribution < 1.29 is 17.1 Å². The van der Waals surface area contributed by atoms with Crippen LogP contribution in [0.3, 0.4) is 0 Å². The van der Waals surface area contributed by atoms with Crippen molar-refractivity contribution in [2.45, 2.75) is 26.9 Å². The van der Waals surface area contributed by atoms with E-state index in [1.165, 1.54) is 0 Å². The third kappa shape index (κ3) is 6.06. The molecule has 7 heteroatoms. The lowest BCUT2D eigenvalue weighted by atomic mass is 11.0. The molecular formula is C5H18O4Si3. The Morgan fingerprint density at radius 2 is 1.42 bits per heavy atom. The molecule has 0 aromatic carbocycles. The van der Waals surface area contributed by atoms with Gasteiger partial charge in [0.1, 0.15) is 6.79 Å². The zero-order valence-corrected chi connectivity index (χ0v) is 12.1. The molecular weight excluding hydrogens is 208 g/mol. The van der Waals surface area contributed by atoms with Gasteiger partial charge in [0.25, 0.3) is 20.0 Å². The van der Waals surface area contributed by atoms with Crippen LogP contribution < -0.4 is 0 Å². The smallest absolute Gasteiger partial charge is 0.313 e. The van der Waals surface area contributed by atoms with Crippen molar-refractivity contribution in [1.29, 1.82) is 0 Å². The standard InChI is InChI=1S/C3H12O4Si3.C2H6/c1-10(2)6-8-4-3-5-9-7-10;1-2/h3,8-9H2,1-2H3;1-2H3. The van der Waals surface area contributed by atoms with Crippen molar-refractivity contribution in [2.24, 2.45) is 0 Å². The van der Waals surface area contributed by atoms with Crippen LogP contribution in [0.15, 0.2) is 0 Å². The Hall–Kier alpha value is 0.491. The summed E-state index contributed by atoms with van der Waals surface area (Å²) >= 11 is 0. The lowest BCUT2D eigenvalue weighted by molar-refractivity contribution is 0.0857. The van der Waals surface area contributed by atoms with Gasteiger partial charge in [-0.25, -0.2) is 0 Å². The normalized spacial score (nSPS) is 27.0. The zero-order valence-electron chi connectivity index (χ0n) is 8.25. The van der Waals surface area contributed by atoms with E-state index in [-0.39, 0.29) is 0 Å². The molecule has 0 atom stereocenters. The summed E-state index contributed by atoms with van der Waals surface area (Å²) in [7, 11) is -3.44. The minimum atomic E-state index is -1.80. The summed E-state index contributed by atoms with van der Waals surface area (Å²) in [5, 5.41) is 0. The van der Waals surface area contributed by atoms with Crippen LogP contribution in [0.5, 0.6) is 0 Å². The summed E-state index contributed by atoms with van der Waals surface area (Å²) in [4.78, 5) is 0. The fourth-order valence-corrected chi connectivity index (χ4v) is 5.16. The molecule has 0 radical (unpaired) electrons. The lowest BCUT2D eigenvalue weighted by Gasteiger charge is -2.25. The van der Waals surface area contributed by atoms with Gasteiger partial charge in [-0.1, -0.05) is 13.8 Å². The van der Waals surface area contributed by atoms with E-state index in [4.69, 9.17) is 17.1 Å². The van der Waals surface area contributed by atoms with Gasteiger partial charge in [-0.3, -0.25) is 0 Å². The monoisotopic (exact) mass is 226 g/mol. The van der Waals surface area contributed by atoms with E-state index in [0.717, 1.165) is 0 Å². The van der Waals surface area contributed by atoms with E-state index in [1.54, 1.807) is 0 Å². The van der Waals surface area contributed by atoms with Crippen molar-refractivity contribution in [3.8, 4) is 0 Å². The maximum Gasteiger partial charge on any atom is 0.313 e. The van der Waals surface area contributed by atoms with Gasteiger partial charge in [-0.05, 0) is 13.1 Å². The molecule has 1 aliphatic heterocycles. The summed E-state index contributed by atoms with van der Waals surface area (Å²) < 4.78 is 21.1. The molecule has 0 aliphatic carbocycles. The quantitative estimate of drug-likeness (QED) is 0.534. The molecule has 0 N–H and O–H groups in total. The molecule has 1 aliphatic rings. The molecule has 1 rings (SSSR count). The summed E-state index contributed by atoms with van der Waals surface area (Å²) in [6, 6.07) is 0. The van der Waals surface area contributed by atoms with Crippen molar-refractivity contribution in [2.75, 3.05) is 6.79 Å². The van der Waals surface area contributed by atoms with Crippen molar-refractivity contribution >= 4 is 28.6 Å². The van der Waals surface area contributed by atoms with Crippen molar-refractivity contribution in [3.63, 3.8) is 0 Å². The second kappa shape index (κ2) is 6.95. The SMILES string of the molecule is CC.C[Si]1(C)O[SiH2]OCO[SiH2]O1. The van der Waals surface area contributed by atoms with Crippen LogP contribution in [-0.4, -0.2) is 35.4 Å². The van der Waals surface area contributed by atoms with E-state index in [9.17, 15) is 0 Å². The Balaban J connectivity index is 0.000000561. The van der Waals surface area contributed by atoms with E-state index in [0.29, 0.717) is 6.79 Å². The highest BCUT2D eigenvalue weighted by Crippen LogP contribution is 2.05. The molecule has 0 amide bonds. The molecule has 0 saturated carbocycles. The fourth-order valence-electron chi connectivity index (χ4n) is 0.536. The third-order valence-electron chi connectivity index (χ3n) is 1.15. The largest absolute Gasteiger partial charge is 0.420 e. The number of rotatable bonds is 0. The van der Waals surface area contributed by atoms with Gasteiger partial charge < -0.3 is 17.1 Å². The molecule has 0 aromatic heterocycles. The van der Waals surface area contributed by atoms with Gasteiger partial charge in [0.15, 0.2) is 0 Å². The Labute approximate surface area is 79.9 Å². The second-order valence-electron chi connectivity index (χ2n) is 2.45. The number of hydrogen-bond donors (Lipinski definition) is 0. The first-order valence-corrected chi connectivity index (χ1v) is 9.27. The maximum absolute atomic E-state index is 5.46. The first kappa shape index (κ1) is 12.5. The van der Waals surface area contributed by atoms with Crippen LogP contribution in [0.1, 0.15) is 13.8 Å². The van der Waals surface area contributed by atoms with Gasteiger partial charge in [-0.2, -0.15) is 0 Å². The molecule has 0 spiro atoms. The Bertz CT molecular complexity index is 101. The summed E-state index contributed by atoms with van der Waals surface area (Å²) in [5.41, 5.74) is 0. The van der Waals surface area contributed by atoms with Gasteiger partial charge in [-0.15, -0.1) is 0 Å². The molecule has 0 aromatic rings. The minimum absolute atomic E-state index is 0.378. The van der Waals surface area contributed by atoms with Gasteiger partial charge in [0.05, 0.1) is 0 Å². The van der Waals surface area contributed by atoms with Crippen molar-refractivity contribution in [1.82, 2.24) is 0 Å². The number of hydrogen-bond acceptors (Lipinski definition) is 4. The Morgan fingerprint density at radius 3 is 1.83 bits per heavy atom. The van der Waals surface area contributed by atoms with Gasteiger partial charge in [0, 0.05) is 0 Å². The Morgan fingerprint density at radius 1 is 1.00 bits per heavy atom. The predicted molar refractivity (Wildman–Crippen MR) is 55.1 cm³/mol. The van der Waals surface area contributed by atoms with Crippen LogP contribution in [0.25, 0.3) is 0 Å². The molecule has 1 heterocycles. The molecule has 0 bridgehead atoms. The molecule has 12 heavy (non-hydrogen) atoms. The topological polar surface area (TPSA) is 36.9 Å². The molecule has 0 unspecified atom stereocenters. The predicted octanol–water partition coefficient (Wildman–Crippen LogP) is -0.251. The van der Waals surface area contributed by atoms with Crippen LogP contribution in [0, 0.1) is 0 Å².